The van der Waals surface area contributed by atoms with E-state index in [9.17, 15) is 18.0 Å². The lowest BCUT2D eigenvalue weighted by Crippen LogP contribution is -2.18. The number of halogens is 3. The number of benzene rings is 3. The average Bonchev–Trinajstić information content (AvgIpc) is 3.16. The second kappa shape index (κ2) is 8.03. The Hall–Kier alpha value is -3.39. The Bertz CT molecular complexity index is 1260. The third-order valence-corrected chi connectivity index (χ3v) is 5.78. The second-order valence-electron chi connectivity index (χ2n) is 6.93. The van der Waals surface area contributed by atoms with Gasteiger partial charge in [0.15, 0.2) is 0 Å². The Labute approximate surface area is 180 Å². The summed E-state index contributed by atoms with van der Waals surface area (Å²) in [6.45, 7) is 2.02. The maximum absolute atomic E-state index is 13.4. The number of amides is 1. The molecule has 3 aromatic carbocycles. The molecule has 31 heavy (non-hydrogen) atoms. The van der Waals surface area contributed by atoms with Crippen LogP contribution in [0.4, 0.5) is 18.9 Å². The number of alkyl halides is 3. The maximum atomic E-state index is 13.4. The van der Waals surface area contributed by atoms with Gasteiger partial charge in [0.1, 0.15) is 10.8 Å². The van der Waals surface area contributed by atoms with Crippen molar-refractivity contribution in [1.29, 1.82) is 0 Å². The molecular weight excluding hydrogens is 425 g/mol. The minimum absolute atomic E-state index is 0.0271. The van der Waals surface area contributed by atoms with E-state index in [0.29, 0.717) is 5.69 Å². The van der Waals surface area contributed by atoms with Gasteiger partial charge in [0.05, 0.1) is 28.5 Å². The van der Waals surface area contributed by atoms with Crippen LogP contribution in [0.15, 0.2) is 60.7 Å². The van der Waals surface area contributed by atoms with Gasteiger partial charge in [-0.2, -0.15) is 13.2 Å². The number of hydrogen-bond acceptors (Lipinski definition) is 4. The normalized spacial score (nSPS) is 11.5. The highest BCUT2D eigenvalue weighted by atomic mass is 32.1. The number of methoxy groups -OCH3 is 1. The van der Waals surface area contributed by atoms with Crippen molar-refractivity contribution in [2.24, 2.45) is 0 Å². The summed E-state index contributed by atoms with van der Waals surface area (Å²) in [6, 6.07) is 16.1. The molecule has 4 aromatic rings. The number of fused-ring (bicyclic) bond motifs is 1. The Morgan fingerprint density at radius 1 is 1.03 bits per heavy atom. The molecule has 0 saturated carbocycles. The van der Waals surface area contributed by atoms with Crippen molar-refractivity contribution in [3.63, 3.8) is 0 Å². The third kappa shape index (κ3) is 4.39. The van der Waals surface area contributed by atoms with Crippen molar-refractivity contribution in [2.45, 2.75) is 13.1 Å². The SMILES string of the molecule is COc1ccc(C(=O)Nc2ccc(-c3nc4ccc(C)cc4s3)cc2)c(C(F)(F)F)c1. The first-order valence-electron chi connectivity index (χ1n) is 9.29. The molecule has 4 rings (SSSR count). The molecule has 1 heterocycles. The fourth-order valence-electron chi connectivity index (χ4n) is 3.13. The summed E-state index contributed by atoms with van der Waals surface area (Å²) in [4.78, 5) is 17.1. The predicted octanol–water partition coefficient (Wildman–Crippen LogP) is 6.55. The zero-order chi connectivity index (χ0) is 22.2. The van der Waals surface area contributed by atoms with E-state index in [4.69, 9.17) is 4.74 Å². The number of thiazole rings is 1. The van der Waals surface area contributed by atoms with E-state index in [1.54, 1.807) is 35.6 Å². The average molecular weight is 442 g/mol. The Morgan fingerprint density at radius 2 is 1.77 bits per heavy atom. The molecule has 158 valence electrons. The Kier molecular flexibility index (Phi) is 5.41. The van der Waals surface area contributed by atoms with E-state index in [1.165, 1.54) is 13.2 Å². The fraction of sp³-hybridized carbons (Fsp3) is 0.130. The van der Waals surface area contributed by atoms with E-state index in [1.807, 2.05) is 19.1 Å². The number of hydrogen-bond donors (Lipinski definition) is 1. The van der Waals surface area contributed by atoms with Crippen LogP contribution in [0.25, 0.3) is 20.8 Å². The number of ether oxygens (including phenoxy) is 1. The molecule has 8 heteroatoms. The molecule has 0 bridgehead atoms. The monoisotopic (exact) mass is 442 g/mol. The van der Waals surface area contributed by atoms with Crippen LogP contribution >= 0.6 is 11.3 Å². The smallest absolute Gasteiger partial charge is 0.417 e. The van der Waals surface area contributed by atoms with Crippen molar-refractivity contribution >= 4 is 33.1 Å². The predicted molar refractivity (Wildman–Crippen MR) is 116 cm³/mol. The zero-order valence-corrected chi connectivity index (χ0v) is 17.4. The second-order valence-corrected chi connectivity index (χ2v) is 7.96. The molecule has 0 spiro atoms. The van der Waals surface area contributed by atoms with Gasteiger partial charge in [0.25, 0.3) is 5.91 Å². The van der Waals surface area contributed by atoms with Crippen LogP contribution in [0.1, 0.15) is 21.5 Å². The van der Waals surface area contributed by atoms with E-state index in [0.717, 1.165) is 38.5 Å². The summed E-state index contributed by atoms with van der Waals surface area (Å²) >= 11 is 1.55. The molecule has 1 N–H and O–H groups in total. The van der Waals surface area contributed by atoms with Crippen molar-refractivity contribution in [3.8, 4) is 16.3 Å². The van der Waals surface area contributed by atoms with Crippen molar-refractivity contribution in [1.82, 2.24) is 4.98 Å². The molecule has 0 radical (unpaired) electrons. The third-order valence-electron chi connectivity index (χ3n) is 4.71. The lowest BCUT2D eigenvalue weighted by Gasteiger charge is -2.14. The van der Waals surface area contributed by atoms with E-state index in [-0.39, 0.29) is 5.75 Å². The summed E-state index contributed by atoms with van der Waals surface area (Å²) in [6.07, 6.45) is -4.68. The minimum atomic E-state index is -4.68. The first-order chi connectivity index (χ1) is 14.7. The highest BCUT2D eigenvalue weighted by molar-refractivity contribution is 7.21. The Morgan fingerprint density at radius 3 is 2.45 bits per heavy atom. The number of nitrogens with one attached hydrogen (secondary N) is 1. The summed E-state index contributed by atoms with van der Waals surface area (Å²) in [7, 11) is 1.27. The quantitative estimate of drug-likeness (QED) is 0.390. The molecule has 0 aliphatic carbocycles. The van der Waals surface area contributed by atoms with E-state index >= 15 is 0 Å². The van der Waals surface area contributed by atoms with Crippen molar-refractivity contribution in [2.75, 3.05) is 12.4 Å². The van der Waals surface area contributed by atoms with Crippen LogP contribution in [-0.4, -0.2) is 18.0 Å². The number of nitrogens with zero attached hydrogens (tertiary/aromatic N) is 1. The molecule has 0 fully saturated rings. The fourth-order valence-corrected chi connectivity index (χ4v) is 4.20. The molecule has 0 unspecified atom stereocenters. The lowest BCUT2D eigenvalue weighted by atomic mass is 10.1. The molecule has 0 saturated heterocycles. The molecule has 0 aliphatic rings. The van der Waals surface area contributed by atoms with E-state index in [2.05, 4.69) is 16.4 Å². The van der Waals surface area contributed by atoms with Crippen LogP contribution in [0.2, 0.25) is 0 Å². The van der Waals surface area contributed by atoms with Gasteiger partial charge in [-0.1, -0.05) is 6.07 Å². The first kappa shape index (κ1) is 20.9. The zero-order valence-electron chi connectivity index (χ0n) is 16.6. The number of aromatic nitrogens is 1. The van der Waals surface area contributed by atoms with Gasteiger partial charge in [-0.15, -0.1) is 11.3 Å². The number of carbonyl (C=O) groups excluding carboxylic acids is 1. The van der Waals surface area contributed by atoms with Crippen molar-refractivity contribution < 1.29 is 22.7 Å². The number of carbonyl (C=O) groups is 1. The van der Waals surface area contributed by atoms with Crippen LogP contribution < -0.4 is 10.1 Å². The lowest BCUT2D eigenvalue weighted by molar-refractivity contribution is -0.138. The van der Waals surface area contributed by atoms with Gasteiger partial charge < -0.3 is 10.1 Å². The highest BCUT2D eigenvalue weighted by Crippen LogP contribution is 2.35. The van der Waals surface area contributed by atoms with Gasteiger partial charge in [-0.3, -0.25) is 4.79 Å². The number of aryl methyl sites for hydroxylation is 1. The maximum Gasteiger partial charge on any atom is 0.417 e. The van der Waals surface area contributed by atoms with Gasteiger partial charge in [-0.25, -0.2) is 4.98 Å². The largest absolute Gasteiger partial charge is 0.497 e. The van der Waals surface area contributed by atoms with Crippen LogP contribution in [-0.2, 0) is 6.18 Å². The molecule has 0 atom stereocenters. The summed E-state index contributed by atoms with van der Waals surface area (Å²) in [5.41, 5.74) is 1.77. The molecule has 0 aliphatic heterocycles. The van der Waals surface area contributed by atoms with Gasteiger partial charge in [0.2, 0.25) is 0 Å². The van der Waals surface area contributed by atoms with Crippen LogP contribution in [0.5, 0.6) is 5.75 Å². The van der Waals surface area contributed by atoms with Crippen LogP contribution in [0, 0.1) is 6.92 Å². The standard InChI is InChI=1S/C23H17F3N2O2S/c1-13-3-10-19-20(11-13)31-22(28-19)14-4-6-15(7-5-14)27-21(29)17-9-8-16(30-2)12-18(17)23(24,25)26/h3-12H,1-2H3,(H,27,29). The highest BCUT2D eigenvalue weighted by Gasteiger charge is 2.35. The topological polar surface area (TPSA) is 51.2 Å². The molecular formula is C23H17F3N2O2S. The minimum Gasteiger partial charge on any atom is -0.497 e. The summed E-state index contributed by atoms with van der Waals surface area (Å²) in [5, 5.41) is 3.35. The molecule has 1 aromatic heterocycles. The van der Waals surface area contributed by atoms with Crippen LogP contribution in [0.3, 0.4) is 0 Å². The van der Waals surface area contributed by atoms with E-state index < -0.39 is 23.2 Å². The first-order valence-corrected chi connectivity index (χ1v) is 10.1. The van der Waals surface area contributed by atoms with Gasteiger partial charge in [-0.05, 0) is 67.1 Å². The number of anilines is 1. The summed E-state index contributed by atoms with van der Waals surface area (Å²) in [5.74, 6) is -0.822. The molecule has 4 nitrogen and oxygen atoms in total. The van der Waals surface area contributed by atoms with Gasteiger partial charge in [0, 0.05) is 11.3 Å². The Balaban J connectivity index is 1.57. The van der Waals surface area contributed by atoms with Crippen molar-refractivity contribution in [3.05, 3.63) is 77.4 Å². The van der Waals surface area contributed by atoms with Gasteiger partial charge >= 0.3 is 6.18 Å². The number of rotatable bonds is 4. The summed E-state index contributed by atoms with van der Waals surface area (Å²) < 4.78 is 46.1. The molecule has 1 amide bonds.